The van der Waals surface area contributed by atoms with Crippen molar-refractivity contribution in [3.63, 3.8) is 0 Å². The summed E-state index contributed by atoms with van der Waals surface area (Å²) < 4.78 is 7.78. The lowest BCUT2D eigenvalue weighted by molar-refractivity contribution is 0.306. The van der Waals surface area contributed by atoms with E-state index in [9.17, 15) is 0 Å². The number of aromatic nitrogens is 2. The van der Waals surface area contributed by atoms with Crippen molar-refractivity contribution in [3.05, 3.63) is 84.6 Å². The van der Waals surface area contributed by atoms with Crippen molar-refractivity contribution < 1.29 is 4.74 Å². The average Bonchev–Trinajstić information content (AvgIpc) is 3.05. The van der Waals surface area contributed by atoms with Gasteiger partial charge in [0.25, 0.3) is 0 Å². The summed E-state index contributed by atoms with van der Waals surface area (Å²) in [5.74, 6) is 0.836. The molecule has 118 valence electrons. The van der Waals surface area contributed by atoms with Crippen LogP contribution in [-0.4, -0.2) is 9.78 Å². The van der Waals surface area contributed by atoms with Gasteiger partial charge in [-0.25, -0.2) is 4.68 Å². The van der Waals surface area contributed by atoms with Crippen LogP contribution >= 0.6 is 0 Å². The van der Waals surface area contributed by atoms with Crippen molar-refractivity contribution in [2.45, 2.75) is 6.61 Å². The van der Waals surface area contributed by atoms with Crippen molar-refractivity contribution in [1.29, 1.82) is 0 Å². The maximum atomic E-state index is 5.88. The number of fused-ring (bicyclic) bond motifs is 1. The average molecular weight is 315 g/mol. The van der Waals surface area contributed by atoms with Crippen LogP contribution in [0, 0.1) is 0 Å². The fraction of sp³-hybridized carbons (Fsp3) is 0.0500. The molecular formula is C20H17N3O. The number of rotatable bonds is 4. The number of nitrogens with zero attached hydrogens (tertiary/aromatic N) is 2. The fourth-order valence-electron chi connectivity index (χ4n) is 2.66. The summed E-state index contributed by atoms with van der Waals surface area (Å²) in [6.45, 7) is 0.554. The molecule has 0 unspecified atom stereocenters. The van der Waals surface area contributed by atoms with Crippen LogP contribution in [0.4, 0.5) is 5.69 Å². The van der Waals surface area contributed by atoms with Crippen LogP contribution in [0.1, 0.15) is 5.56 Å². The molecule has 0 aliphatic heterocycles. The van der Waals surface area contributed by atoms with Crippen molar-refractivity contribution in [2.24, 2.45) is 0 Å². The van der Waals surface area contributed by atoms with Crippen LogP contribution in [0.2, 0.25) is 0 Å². The number of hydrogen-bond donors (Lipinski definition) is 1. The minimum absolute atomic E-state index is 0.554. The Hall–Kier alpha value is -3.27. The van der Waals surface area contributed by atoms with Gasteiger partial charge >= 0.3 is 0 Å². The van der Waals surface area contributed by atoms with Crippen LogP contribution in [0.25, 0.3) is 16.6 Å². The lowest BCUT2D eigenvalue weighted by Crippen LogP contribution is -1.97. The predicted octanol–water partition coefficient (Wildman–Crippen LogP) is 4.19. The highest BCUT2D eigenvalue weighted by Crippen LogP contribution is 2.24. The molecular weight excluding hydrogens is 298 g/mol. The van der Waals surface area contributed by atoms with Crippen molar-refractivity contribution >= 4 is 16.6 Å². The molecule has 0 aliphatic rings. The Morgan fingerprint density at radius 1 is 0.917 bits per heavy atom. The first-order valence-corrected chi connectivity index (χ1v) is 7.80. The quantitative estimate of drug-likeness (QED) is 0.575. The maximum Gasteiger partial charge on any atom is 0.120 e. The third kappa shape index (κ3) is 2.82. The molecule has 0 spiro atoms. The highest BCUT2D eigenvalue weighted by molar-refractivity contribution is 5.81. The second-order valence-electron chi connectivity index (χ2n) is 5.64. The molecule has 4 aromatic rings. The summed E-state index contributed by atoms with van der Waals surface area (Å²) >= 11 is 0. The molecule has 1 aromatic heterocycles. The Morgan fingerprint density at radius 3 is 2.50 bits per heavy atom. The van der Waals surface area contributed by atoms with Gasteiger partial charge in [-0.1, -0.05) is 30.3 Å². The van der Waals surface area contributed by atoms with Crippen LogP contribution in [0.15, 0.2) is 79.0 Å². The van der Waals surface area contributed by atoms with E-state index < -0.39 is 0 Å². The van der Waals surface area contributed by atoms with Gasteiger partial charge in [-0.3, -0.25) is 0 Å². The summed E-state index contributed by atoms with van der Waals surface area (Å²) in [5.41, 5.74) is 9.66. The van der Waals surface area contributed by atoms with Crippen LogP contribution in [0.3, 0.4) is 0 Å². The number of benzene rings is 3. The summed E-state index contributed by atoms with van der Waals surface area (Å²) in [5, 5.41) is 5.51. The Balaban J connectivity index is 1.59. The molecule has 4 heteroatoms. The molecule has 0 bridgehead atoms. The van der Waals surface area contributed by atoms with Crippen LogP contribution < -0.4 is 10.5 Å². The van der Waals surface area contributed by atoms with Gasteiger partial charge < -0.3 is 10.5 Å². The minimum atomic E-state index is 0.554. The summed E-state index contributed by atoms with van der Waals surface area (Å²) in [6.07, 6.45) is 1.85. The number of nitrogens with two attached hydrogens (primary N) is 1. The second kappa shape index (κ2) is 6.08. The summed E-state index contributed by atoms with van der Waals surface area (Å²) in [6, 6.07) is 23.8. The Morgan fingerprint density at radius 2 is 1.71 bits per heavy atom. The molecule has 3 aromatic carbocycles. The van der Waals surface area contributed by atoms with E-state index in [-0.39, 0.29) is 0 Å². The molecule has 2 N–H and O–H groups in total. The van der Waals surface area contributed by atoms with Gasteiger partial charge in [-0.2, -0.15) is 5.10 Å². The largest absolute Gasteiger partial charge is 0.489 e. The molecule has 0 amide bonds. The molecule has 0 radical (unpaired) electrons. The van der Waals surface area contributed by atoms with Gasteiger partial charge in [0, 0.05) is 11.1 Å². The molecule has 1 heterocycles. The Labute approximate surface area is 140 Å². The molecule has 0 atom stereocenters. The maximum absolute atomic E-state index is 5.88. The zero-order valence-corrected chi connectivity index (χ0v) is 13.1. The number of nitrogen functional groups attached to an aromatic ring is 1. The first kappa shape index (κ1) is 14.3. The van der Waals surface area contributed by atoms with E-state index in [0.717, 1.165) is 33.6 Å². The zero-order valence-electron chi connectivity index (χ0n) is 13.1. The molecule has 0 saturated carbocycles. The zero-order chi connectivity index (χ0) is 16.4. The fourth-order valence-corrected chi connectivity index (χ4v) is 2.66. The Bertz CT molecular complexity index is 959. The molecule has 0 fully saturated rings. The van der Waals surface area contributed by atoms with Crippen molar-refractivity contribution in [1.82, 2.24) is 9.78 Å². The van der Waals surface area contributed by atoms with Crippen LogP contribution in [-0.2, 0) is 6.61 Å². The van der Waals surface area contributed by atoms with Gasteiger partial charge in [0.1, 0.15) is 12.4 Å². The van der Waals surface area contributed by atoms with E-state index in [2.05, 4.69) is 17.2 Å². The van der Waals surface area contributed by atoms with E-state index in [1.807, 2.05) is 71.5 Å². The topological polar surface area (TPSA) is 53.1 Å². The Kier molecular flexibility index (Phi) is 3.63. The number of ether oxygens (including phenoxy) is 1. The minimum Gasteiger partial charge on any atom is -0.489 e. The standard InChI is InChI=1S/C20H17N3O/c21-17-6-8-18(9-7-17)23-20-11-10-19(12-16(20)13-22-23)24-14-15-4-2-1-3-5-15/h1-13H,14,21H2. The molecule has 0 saturated heterocycles. The van der Waals surface area contributed by atoms with E-state index in [4.69, 9.17) is 10.5 Å². The van der Waals surface area contributed by atoms with E-state index >= 15 is 0 Å². The lowest BCUT2D eigenvalue weighted by atomic mass is 10.2. The van der Waals surface area contributed by atoms with Gasteiger partial charge in [-0.15, -0.1) is 0 Å². The first-order chi connectivity index (χ1) is 11.8. The van der Waals surface area contributed by atoms with Crippen molar-refractivity contribution in [3.8, 4) is 11.4 Å². The molecule has 4 nitrogen and oxygen atoms in total. The SMILES string of the molecule is Nc1ccc(-n2ncc3cc(OCc4ccccc4)ccc32)cc1. The second-order valence-corrected chi connectivity index (χ2v) is 5.64. The van der Waals surface area contributed by atoms with E-state index in [1.165, 1.54) is 0 Å². The summed E-state index contributed by atoms with van der Waals surface area (Å²) in [7, 11) is 0. The number of hydrogen-bond acceptors (Lipinski definition) is 3. The number of anilines is 1. The van der Waals surface area contributed by atoms with Crippen LogP contribution in [0.5, 0.6) is 5.75 Å². The molecule has 4 rings (SSSR count). The monoisotopic (exact) mass is 315 g/mol. The third-order valence-electron chi connectivity index (χ3n) is 3.93. The first-order valence-electron chi connectivity index (χ1n) is 7.80. The predicted molar refractivity (Wildman–Crippen MR) is 96.3 cm³/mol. The van der Waals surface area contributed by atoms with Crippen molar-refractivity contribution in [2.75, 3.05) is 5.73 Å². The normalized spacial score (nSPS) is 10.8. The lowest BCUT2D eigenvalue weighted by Gasteiger charge is -2.07. The molecule has 0 aliphatic carbocycles. The van der Waals surface area contributed by atoms with E-state index in [1.54, 1.807) is 0 Å². The summed E-state index contributed by atoms with van der Waals surface area (Å²) in [4.78, 5) is 0. The molecule has 24 heavy (non-hydrogen) atoms. The highest BCUT2D eigenvalue weighted by atomic mass is 16.5. The smallest absolute Gasteiger partial charge is 0.120 e. The van der Waals surface area contributed by atoms with Gasteiger partial charge in [0.2, 0.25) is 0 Å². The van der Waals surface area contributed by atoms with Gasteiger partial charge in [0.05, 0.1) is 17.4 Å². The van der Waals surface area contributed by atoms with Gasteiger partial charge in [0.15, 0.2) is 0 Å². The third-order valence-corrected chi connectivity index (χ3v) is 3.93. The highest BCUT2D eigenvalue weighted by Gasteiger charge is 2.06. The van der Waals surface area contributed by atoms with E-state index in [0.29, 0.717) is 6.61 Å². The van der Waals surface area contributed by atoms with Gasteiger partial charge in [-0.05, 0) is 48.0 Å².